The van der Waals surface area contributed by atoms with Crippen LogP contribution in [0.4, 0.5) is 17.1 Å². The summed E-state index contributed by atoms with van der Waals surface area (Å²) in [6, 6.07) is 66.9. The molecule has 0 saturated carbocycles. The number of hydrogen-bond acceptors (Lipinski definition) is 2. The monoisotopic (exact) mass is 613 g/mol. The van der Waals surface area contributed by atoms with Crippen LogP contribution in [0.25, 0.3) is 66.1 Å². The number of benzene rings is 8. The third kappa shape index (κ3) is 4.83. The summed E-state index contributed by atoms with van der Waals surface area (Å²) in [6.45, 7) is 0. The van der Waals surface area contributed by atoms with Gasteiger partial charge in [-0.2, -0.15) is 0 Å². The van der Waals surface area contributed by atoms with Crippen molar-refractivity contribution in [3.8, 4) is 33.4 Å². The molecule has 1 heterocycles. The molecule has 0 spiro atoms. The van der Waals surface area contributed by atoms with Crippen molar-refractivity contribution in [2.75, 3.05) is 4.90 Å². The summed E-state index contributed by atoms with van der Waals surface area (Å²) in [4.78, 5) is 2.38. The van der Waals surface area contributed by atoms with Crippen LogP contribution in [0.5, 0.6) is 0 Å². The molecule has 0 unspecified atom stereocenters. The zero-order valence-electron chi connectivity index (χ0n) is 26.3. The van der Waals surface area contributed by atoms with Crippen molar-refractivity contribution in [3.63, 3.8) is 0 Å². The number of nitrogens with zero attached hydrogens (tertiary/aromatic N) is 1. The number of anilines is 3. The van der Waals surface area contributed by atoms with E-state index in [0.717, 1.165) is 44.4 Å². The van der Waals surface area contributed by atoms with Gasteiger partial charge in [0.1, 0.15) is 11.2 Å². The lowest BCUT2D eigenvalue weighted by atomic mass is 9.93. The van der Waals surface area contributed by atoms with Gasteiger partial charge in [0, 0.05) is 22.1 Å². The van der Waals surface area contributed by atoms with Gasteiger partial charge in [0.25, 0.3) is 0 Å². The third-order valence-electron chi connectivity index (χ3n) is 9.27. The molecule has 0 fully saturated rings. The second-order valence-electron chi connectivity index (χ2n) is 12.1. The molecular weight excluding hydrogens is 583 g/mol. The Hall–Kier alpha value is -6.38. The molecular formula is C46H31NO. The van der Waals surface area contributed by atoms with Gasteiger partial charge in [0.05, 0.1) is 11.1 Å². The maximum absolute atomic E-state index is 6.65. The fraction of sp³-hybridized carbons (Fsp3) is 0. The van der Waals surface area contributed by atoms with E-state index in [-0.39, 0.29) is 0 Å². The van der Waals surface area contributed by atoms with Crippen LogP contribution in [0.3, 0.4) is 0 Å². The van der Waals surface area contributed by atoms with E-state index in [9.17, 15) is 0 Å². The Bertz CT molecular complexity index is 2530. The summed E-state index contributed by atoms with van der Waals surface area (Å²) in [5.41, 5.74) is 12.1. The normalized spacial score (nSPS) is 11.3. The maximum Gasteiger partial charge on any atom is 0.143 e. The Kier molecular flexibility index (Phi) is 6.84. The molecule has 0 aliphatic carbocycles. The smallest absolute Gasteiger partial charge is 0.143 e. The highest BCUT2D eigenvalue weighted by Crippen LogP contribution is 2.46. The van der Waals surface area contributed by atoms with E-state index in [1.807, 2.05) is 0 Å². The van der Waals surface area contributed by atoms with E-state index in [0.29, 0.717) is 0 Å². The Morgan fingerprint density at radius 1 is 0.375 bits per heavy atom. The highest BCUT2D eigenvalue weighted by Gasteiger charge is 2.22. The van der Waals surface area contributed by atoms with E-state index in [4.69, 9.17) is 4.42 Å². The standard InChI is InChI=1S/C46H31NO/c1-4-13-32(14-5-1)33-23-26-37(27-24-33)47(38-28-30-39(34-15-6-2-7-16-34)42(31-38)35-17-8-3-9-18-35)43-21-12-22-44-45(43)41-29-25-36-19-10-11-20-40(36)46(41)48-44/h1-31H. The molecule has 48 heavy (non-hydrogen) atoms. The summed E-state index contributed by atoms with van der Waals surface area (Å²) in [6.07, 6.45) is 0. The molecule has 0 aliphatic rings. The average Bonchev–Trinajstić information content (AvgIpc) is 3.56. The minimum atomic E-state index is 0.869. The predicted octanol–water partition coefficient (Wildman–Crippen LogP) is 13.2. The highest BCUT2D eigenvalue weighted by atomic mass is 16.3. The van der Waals surface area contributed by atoms with Gasteiger partial charge in [-0.15, -0.1) is 0 Å². The van der Waals surface area contributed by atoms with Gasteiger partial charge in [-0.05, 0) is 81.2 Å². The van der Waals surface area contributed by atoms with Crippen LogP contribution in [0.15, 0.2) is 192 Å². The molecule has 1 aromatic heterocycles. The summed E-state index contributed by atoms with van der Waals surface area (Å²) in [5.74, 6) is 0. The summed E-state index contributed by atoms with van der Waals surface area (Å²) in [5, 5.41) is 4.49. The molecule has 0 radical (unpaired) electrons. The molecule has 0 N–H and O–H groups in total. The van der Waals surface area contributed by atoms with Crippen molar-refractivity contribution in [1.82, 2.24) is 0 Å². The molecule has 0 aliphatic heterocycles. The number of furan rings is 1. The van der Waals surface area contributed by atoms with Crippen molar-refractivity contribution in [1.29, 1.82) is 0 Å². The van der Waals surface area contributed by atoms with Gasteiger partial charge in [-0.25, -0.2) is 0 Å². The molecule has 226 valence electrons. The molecule has 9 rings (SSSR count). The lowest BCUT2D eigenvalue weighted by molar-refractivity contribution is 0.672. The quantitative estimate of drug-likeness (QED) is 0.185. The van der Waals surface area contributed by atoms with Gasteiger partial charge in [-0.1, -0.05) is 146 Å². The Morgan fingerprint density at radius 2 is 0.979 bits per heavy atom. The minimum absolute atomic E-state index is 0.869. The van der Waals surface area contributed by atoms with Gasteiger partial charge in [0.15, 0.2) is 0 Å². The van der Waals surface area contributed by atoms with Crippen LogP contribution in [0, 0.1) is 0 Å². The lowest BCUT2D eigenvalue weighted by Crippen LogP contribution is -2.10. The van der Waals surface area contributed by atoms with Gasteiger partial charge in [0.2, 0.25) is 0 Å². The van der Waals surface area contributed by atoms with E-state index >= 15 is 0 Å². The molecule has 9 aromatic rings. The molecule has 0 amide bonds. The van der Waals surface area contributed by atoms with Crippen LogP contribution in [0.1, 0.15) is 0 Å². The maximum atomic E-state index is 6.65. The van der Waals surface area contributed by atoms with E-state index in [1.54, 1.807) is 0 Å². The van der Waals surface area contributed by atoms with E-state index in [1.165, 1.54) is 38.8 Å². The Labute approximate surface area is 279 Å². The van der Waals surface area contributed by atoms with E-state index < -0.39 is 0 Å². The van der Waals surface area contributed by atoms with Crippen LogP contribution in [-0.4, -0.2) is 0 Å². The summed E-state index contributed by atoms with van der Waals surface area (Å²) < 4.78 is 6.65. The van der Waals surface area contributed by atoms with Crippen molar-refractivity contribution in [3.05, 3.63) is 188 Å². The molecule has 0 saturated heterocycles. The average molecular weight is 614 g/mol. The zero-order chi connectivity index (χ0) is 31.9. The number of rotatable bonds is 6. The molecule has 2 heteroatoms. The lowest BCUT2D eigenvalue weighted by Gasteiger charge is -2.27. The van der Waals surface area contributed by atoms with Crippen molar-refractivity contribution in [2.45, 2.75) is 0 Å². The topological polar surface area (TPSA) is 16.4 Å². The fourth-order valence-corrected chi connectivity index (χ4v) is 6.98. The van der Waals surface area contributed by atoms with Crippen molar-refractivity contribution in [2.24, 2.45) is 0 Å². The molecule has 8 aromatic carbocycles. The zero-order valence-corrected chi connectivity index (χ0v) is 26.3. The Morgan fingerprint density at radius 3 is 1.71 bits per heavy atom. The second kappa shape index (κ2) is 11.8. The van der Waals surface area contributed by atoms with E-state index in [2.05, 4.69) is 193 Å². The van der Waals surface area contributed by atoms with Crippen molar-refractivity contribution < 1.29 is 4.42 Å². The highest BCUT2D eigenvalue weighted by molar-refractivity contribution is 6.19. The number of fused-ring (bicyclic) bond motifs is 5. The second-order valence-corrected chi connectivity index (χ2v) is 12.1. The van der Waals surface area contributed by atoms with Crippen molar-refractivity contribution >= 4 is 49.8 Å². The summed E-state index contributed by atoms with van der Waals surface area (Å²) in [7, 11) is 0. The first-order chi connectivity index (χ1) is 23.8. The molecule has 0 atom stereocenters. The first kappa shape index (κ1) is 27.9. The molecule has 2 nitrogen and oxygen atoms in total. The first-order valence-electron chi connectivity index (χ1n) is 16.4. The summed E-state index contributed by atoms with van der Waals surface area (Å²) >= 11 is 0. The SMILES string of the molecule is c1ccc(-c2ccc(N(c3ccc(-c4ccccc4)c(-c4ccccc4)c3)c3cccc4oc5c6ccccc6ccc5c34)cc2)cc1. The largest absolute Gasteiger partial charge is 0.455 e. The minimum Gasteiger partial charge on any atom is -0.455 e. The van der Waals surface area contributed by atoms with Gasteiger partial charge >= 0.3 is 0 Å². The van der Waals surface area contributed by atoms with Crippen LogP contribution < -0.4 is 4.90 Å². The molecule has 0 bridgehead atoms. The van der Waals surface area contributed by atoms with Crippen LogP contribution in [-0.2, 0) is 0 Å². The van der Waals surface area contributed by atoms with Crippen LogP contribution >= 0.6 is 0 Å². The first-order valence-corrected chi connectivity index (χ1v) is 16.4. The predicted molar refractivity (Wildman–Crippen MR) is 202 cm³/mol. The Balaban J connectivity index is 1.30. The van der Waals surface area contributed by atoms with Gasteiger partial charge in [-0.3, -0.25) is 0 Å². The van der Waals surface area contributed by atoms with Crippen LogP contribution in [0.2, 0.25) is 0 Å². The van der Waals surface area contributed by atoms with Gasteiger partial charge < -0.3 is 9.32 Å². The third-order valence-corrected chi connectivity index (χ3v) is 9.27. The fourth-order valence-electron chi connectivity index (χ4n) is 6.98. The number of hydrogen-bond donors (Lipinski definition) is 0.